The summed E-state index contributed by atoms with van der Waals surface area (Å²) in [4.78, 5) is 29.8. The molecule has 1 N–H and O–H groups in total. The lowest BCUT2D eigenvalue weighted by molar-refractivity contribution is 0.111. The molecule has 8 nitrogen and oxygen atoms in total. The molecular formula is C36H40N6O2. The van der Waals surface area contributed by atoms with Crippen molar-refractivity contribution in [2.45, 2.75) is 40.2 Å². The summed E-state index contributed by atoms with van der Waals surface area (Å²) in [6, 6.07) is 10.4. The molecule has 4 aromatic rings. The molecule has 1 saturated heterocycles. The maximum absolute atomic E-state index is 11.6. The largest absolute Gasteiger partial charge is 0.436 e. The van der Waals surface area contributed by atoms with Gasteiger partial charge in [-0.25, -0.2) is 9.97 Å². The lowest BCUT2D eigenvalue weighted by atomic mass is 10.1. The first kappa shape index (κ1) is 30.6. The lowest BCUT2D eigenvalue weighted by Crippen LogP contribution is -2.18. The number of fused-ring (bicyclic) bond motifs is 1. The molecular weight excluding hydrogens is 548 g/mol. The van der Waals surface area contributed by atoms with Crippen molar-refractivity contribution in [3.05, 3.63) is 107 Å². The van der Waals surface area contributed by atoms with E-state index in [1.54, 1.807) is 6.08 Å². The fraction of sp³-hybridized carbons (Fsp3) is 0.278. The minimum Gasteiger partial charge on any atom is -0.436 e. The van der Waals surface area contributed by atoms with Gasteiger partial charge in [0, 0.05) is 55.9 Å². The molecule has 4 heterocycles. The number of oxazole rings is 1. The number of anilines is 2. The Morgan fingerprint density at radius 2 is 1.91 bits per heavy atom. The van der Waals surface area contributed by atoms with E-state index in [4.69, 9.17) is 9.40 Å². The molecule has 0 unspecified atom stereocenters. The number of aromatic nitrogens is 3. The van der Waals surface area contributed by atoms with E-state index >= 15 is 0 Å². The summed E-state index contributed by atoms with van der Waals surface area (Å²) >= 11 is 0. The van der Waals surface area contributed by atoms with Crippen molar-refractivity contribution < 1.29 is 9.21 Å². The predicted molar refractivity (Wildman–Crippen MR) is 180 cm³/mol. The van der Waals surface area contributed by atoms with Crippen LogP contribution in [0, 0.1) is 6.92 Å². The highest BCUT2D eigenvalue weighted by molar-refractivity contribution is 5.90. The Morgan fingerprint density at radius 1 is 1.09 bits per heavy atom. The molecule has 0 radical (unpaired) electrons. The number of aldehydes is 1. The zero-order chi connectivity index (χ0) is 31.1. The number of pyridine rings is 2. The quantitative estimate of drug-likeness (QED) is 0.141. The molecule has 8 heteroatoms. The van der Waals surface area contributed by atoms with E-state index in [9.17, 15) is 4.79 Å². The number of nitrogens with one attached hydrogen (secondary N) is 1. The van der Waals surface area contributed by atoms with Crippen molar-refractivity contribution in [3.8, 4) is 0 Å². The maximum atomic E-state index is 11.6. The van der Waals surface area contributed by atoms with Crippen LogP contribution in [0.2, 0.25) is 0 Å². The highest BCUT2D eigenvalue weighted by Crippen LogP contribution is 2.28. The Labute approximate surface area is 259 Å². The van der Waals surface area contributed by atoms with E-state index in [2.05, 4.69) is 51.4 Å². The van der Waals surface area contributed by atoms with Crippen LogP contribution in [0.15, 0.2) is 77.1 Å². The molecule has 0 saturated carbocycles. The van der Waals surface area contributed by atoms with Gasteiger partial charge in [-0.1, -0.05) is 35.9 Å². The van der Waals surface area contributed by atoms with Crippen molar-refractivity contribution in [3.63, 3.8) is 0 Å². The van der Waals surface area contributed by atoms with Gasteiger partial charge in [-0.15, -0.1) is 0 Å². The number of carbonyl (C=O) groups is 1. The Kier molecular flexibility index (Phi) is 9.82. The Morgan fingerprint density at radius 3 is 2.66 bits per heavy atom. The number of likely N-dealkylation sites (tertiary alicyclic amines) is 1. The zero-order valence-electron chi connectivity index (χ0n) is 26.2. The fourth-order valence-corrected chi connectivity index (χ4v) is 5.22. The number of allylic oxidation sites excluding steroid dienone is 5. The van der Waals surface area contributed by atoms with Gasteiger partial charge in [0.15, 0.2) is 17.9 Å². The maximum Gasteiger partial charge on any atom is 0.227 e. The molecule has 1 aliphatic rings. The summed E-state index contributed by atoms with van der Waals surface area (Å²) in [5.41, 5.74) is 7.38. The van der Waals surface area contributed by atoms with E-state index in [0.717, 1.165) is 70.6 Å². The molecule has 3 aromatic heterocycles. The number of benzene rings is 1. The Hall–Kier alpha value is -4.82. The van der Waals surface area contributed by atoms with Gasteiger partial charge in [-0.3, -0.25) is 14.7 Å². The molecule has 0 bridgehead atoms. The second-order valence-electron chi connectivity index (χ2n) is 11.5. The van der Waals surface area contributed by atoms with Gasteiger partial charge in [0.2, 0.25) is 5.89 Å². The summed E-state index contributed by atoms with van der Waals surface area (Å²) in [5, 5.41) is 4.61. The fourth-order valence-electron chi connectivity index (χ4n) is 5.22. The van der Waals surface area contributed by atoms with Gasteiger partial charge >= 0.3 is 0 Å². The first-order valence-electron chi connectivity index (χ1n) is 15.0. The summed E-state index contributed by atoms with van der Waals surface area (Å²) in [6.45, 7) is 9.35. The minimum absolute atomic E-state index is 0.277. The Balaban J connectivity index is 1.32. The molecule has 5 rings (SSSR count). The zero-order valence-corrected chi connectivity index (χ0v) is 26.2. The van der Waals surface area contributed by atoms with Crippen LogP contribution >= 0.6 is 0 Å². The molecule has 44 heavy (non-hydrogen) atoms. The van der Waals surface area contributed by atoms with Crippen LogP contribution in [-0.4, -0.2) is 58.2 Å². The van der Waals surface area contributed by atoms with Crippen molar-refractivity contribution in [1.82, 2.24) is 24.8 Å². The van der Waals surface area contributed by atoms with Crippen LogP contribution in [0.5, 0.6) is 0 Å². The minimum atomic E-state index is 0.277. The lowest BCUT2D eigenvalue weighted by Gasteiger charge is -2.15. The third kappa shape index (κ3) is 7.38. The smallest absolute Gasteiger partial charge is 0.227 e. The molecule has 0 spiro atoms. The number of hydrogen-bond donors (Lipinski definition) is 1. The van der Waals surface area contributed by atoms with E-state index in [1.165, 1.54) is 18.4 Å². The standard InChI is InChI=1S/C36H40N6O2/c1-25(2)30(36-40-32(24-43)33(44-36)16-20-41(4)5)13-7-6-11-28-12-10-14-31(26(28)3)39-35-34-29(15-17-37-35)21-27(22-38-34)23-42-18-8-9-19-42/h6-7,10-17,20-22,24H,8-9,18-19,23H2,1-5H3,(H,37,39)/b11-6+,13-7-,20-16-. The second-order valence-corrected chi connectivity index (χ2v) is 11.5. The van der Waals surface area contributed by atoms with Crippen LogP contribution in [0.25, 0.3) is 28.6 Å². The van der Waals surface area contributed by atoms with Gasteiger partial charge < -0.3 is 14.6 Å². The van der Waals surface area contributed by atoms with Gasteiger partial charge in [0.25, 0.3) is 0 Å². The van der Waals surface area contributed by atoms with Gasteiger partial charge in [-0.05, 0) is 93.7 Å². The topological polar surface area (TPSA) is 87.4 Å². The SMILES string of the molecule is CC(C)=C(/C=C\C=C\c1cccc(Nc2nccc3cc(CN4CCCC4)cnc23)c1C)c1nc(C=O)c(/C=C\N(C)C)o1. The van der Waals surface area contributed by atoms with Gasteiger partial charge in [-0.2, -0.15) is 0 Å². The number of carbonyl (C=O) groups excluding carboxylic acids is 1. The van der Waals surface area contributed by atoms with Crippen molar-refractivity contribution in [2.75, 3.05) is 32.5 Å². The number of hydrogen-bond acceptors (Lipinski definition) is 8. The number of rotatable bonds is 11. The predicted octanol–water partition coefficient (Wildman–Crippen LogP) is 7.67. The van der Waals surface area contributed by atoms with E-state index in [-0.39, 0.29) is 5.69 Å². The second kappa shape index (κ2) is 14.1. The van der Waals surface area contributed by atoms with Crippen LogP contribution in [0.1, 0.15) is 65.5 Å². The molecule has 1 aliphatic heterocycles. The van der Waals surface area contributed by atoms with Crippen molar-refractivity contribution in [2.24, 2.45) is 0 Å². The third-order valence-corrected chi connectivity index (χ3v) is 7.63. The monoisotopic (exact) mass is 588 g/mol. The van der Waals surface area contributed by atoms with Crippen LogP contribution in [0.3, 0.4) is 0 Å². The summed E-state index contributed by atoms with van der Waals surface area (Å²) < 4.78 is 5.94. The highest BCUT2D eigenvalue weighted by atomic mass is 16.4. The molecule has 0 atom stereocenters. The molecule has 226 valence electrons. The summed E-state index contributed by atoms with van der Waals surface area (Å²) in [6.07, 6.45) is 18.6. The van der Waals surface area contributed by atoms with Gasteiger partial charge in [0.05, 0.1) is 0 Å². The van der Waals surface area contributed by atoms with Crippen molar-refractivity contribution >= 4 is 46.4 Å². The molecule has 1 fully saturated rings. The summed E-state index contributed by atoms with van der Waals surface area (Å²) in [5.74, 6) is 1.59. The normalized spacial score (nSPS) is 13.9. The van der Waals surface area contributed by atoms with E-state index in [0.29, 0.717) is 11.7 Å². The first-order valence-corrected chi connectivity index (χ1v) is 15.0. The van der Waals surface area contributed by atoms with Crippen LogP contribution < -0.4 is 5.32 Å². The highest BCUT2D eigenvalue weighted by Gasteiger charge is 2.15. The average Bonchev–Trinajstić information content (AvgIpc) is 3.67. The molecule has 0 aliphatic carbocycles. The van der Waals surface area contributed by atoms with E-state index in [1.807, 2.05) is 81.8 Å². The average molecular weight is 589 g/mol. The van der Waals surface area contributed by atoms with Gasteiger partial charge in [0.1, 0.15) is 11.2 Å². The van der Waals surface area contributed by atoms with Crippen LogP contribution in [0.4, 0.5) is 11.5 Å². The Bertz CT molecular complexity index is 1750. The van der Waals surface area contributed by atoms with Crippen LogP contribution in [-0.2, 0) is 6.54 Å². The molecule has 0 amide bonds. The van der Waals surface area contributed by atoms with E-state index < -0.39 is 0 Å². The first-order chi connectivity index (χ1) is 21.3. The summed E-state index contributed by atoms with van der Waals surface area (Å²) in [7, 11) is 3.81. The third-order valence-electron chi connectivity index (χ3n) is 7.63. The molecule has 1 aromatic carbocycles. The number of nitrogens with zero attached hydrogens (tertiary/aromatic N) is 5. The van der Waals surface area contributed by atoms with Crippen molar-refractivity contribution in [1.29, 1.82) is 0 Å².